The highest BCUT2D eigenvalue weighted by molar-refractivity contribution is 5.95. The lowest BCUT2D eigenvalue weighted by Crippen LogP contribution is -2.36. The van der Waals surface area contributed by atoms with Gasteiger partial charge in [-0.05, 0) is 36.6 Å². The van der Waals surface area contributed by atoms with E-state index in [1.165, 1.54) is 5.56 Å². The topological polar surface area (TPSA) is 55.1 Å². The van der Waals surface area contributed by atoms with Crippen molar-refractivity contribution in [2.24, 2.45) is 0 Å². The maximum absolute atomic E-state index is 12.4. The number of nitrogens with one attached hydrogen (secondary N) is 1. The molecule has 0 heterocycles. The number of carbonyl (C=O) groups excluding carboxylic acids is 1. The first-order valence-corrected chi connectivity index (χ1v) is 7.45. The van der Waals surface area contributed by atoms with Crippen LogP contribution in [0.5, 0.6) is 0 Å². The number of anilines is 1. The van der Waals surface area contributed by atoms with Crippen LogP contribution in [-0.4, -0.2) is 11.9 Å². The highest BCUT2D eigenvalue weighted by Gasteiger charge is 2.29. The summed E-state index contributed by atoms with van der Waals surface area (Å²) < 4.78 is 0. The molecule has 3 nitrogen and oxygen atoms in total. The fourth-order valence-electron chi connectivity index (χ4n) is 3.16. The molecule has 2 aromatic rings. The molecule has 1 saturated carbocycles. The predicted molar refractivity (Wildman–Crippen MR) is 85.1 cm³/mol. The number of amides is 1. The van der Waals surface area contributed by atoms with Crippen molar-refractivity contribution < 1.29 is 4.79 Å². The van der Waals surface area contributed by atoms with Crippen LogP contribution in [0.2, 0.25) is 0 Å². The molecule has 3 heteroatoms. The molecule has 3 N–H and O–H groups in total. The smallest absolute Gasteiger partial charge is 0.251 e. The fourth-order valence-corrected chi connectivity index (χ4v) is 3.16. The number of carbonyl (C=O) groups is 1. The first kappa shape index (κ1) is 13.7. The monoisotopic (exact) mass is 280 g/mol. The van der Waals surface area contributed by atoms with Crippen LogP contribution in [0.15, 0.2) is 54.6 Å². The molecule has 3 rings (SSSR count). The largest absolute Gasteiger partial charge is 0.399 e. The maximum Gasteiger partial charge on any atom is 0.251 e. The van der Waals surface area contributed by atoms with Crippen LogP contribution < -0.4 is 11.1 Å². The van der Waals surface area contributed by atoms with Crippen LogP contribution in [0.1, 0.15) is 41.1 Å². The van der Waals surface area contributed by atoms with E-state index in [-0.39, 0.29) is 11.9 Å². The van der Waals surface area contributed by atoms with E-state index in [2.05, 4.69) is 29.6 Å². The van der Waals surface area contributed by atoms with Gasteiger partial charge in [0.1, 0.15) is 0 Å². The Balaban J connectivity index is 1.73. The lowest BCUT2D eigenvalue weighted by Gasteiger charge is -2.21. The first-order valence-electron chi connectivity index (χ1n) is 7.45. The molecule has 0 radical (unpaired) electrons. The van der Waals surface area contributed by atoms with Gasteiger partial charge in [-0.2, -0.15) is 0 Å². The fraction of sp³-hybridized carbons (Fsp3) is 0.278. The van der Waals surface area contributed by atoms with Crippen molar-refractivity contribution in [2.45, 2.75) is 31.2 Å². The lowest BCUT2D eigenvalue weighted by molar-refractivity contribution is 0.0934. The normalized spacial score (nSPS) is 21.1. The van der Waals surface area contributed by atoms with Crippen LogP contribution in [-0.2, 0) is 0 Å². The highest BCUT2D eigenvalue weighted by atomic mass is 16.1. The average molecular weight is 280 g/mol. The molecular weight excluding hydrogens is 260 g/mol. The summed E-state index contributed by atoms with van der Waals surface area (Å²) in [5.41, 5.74) is 8.31. The summed E-state index contributed by atoms with van der Waals surface area (Å²) in [6.45, 7) is 0. The van der Waals surface area contributed by atoms with Gasteiger partial charge >= 0.3 is 0 Å². The quantitative estimate of drug-likeness (QED) is 0.847. The number of benzene rings is 2. The predicted octanol–water partition coefficient (Wildman–Crippen LogP) is 3.33. The molecule has 2 unspecified atom stereocenters. The van der Waals surface area contributed by atoms with Gasteiger partial charge in [0.05, 0.1) is 0 Å². The standard InChI is InChI=1S/C18H20N2O/c19-15-9-4-8-14(12-15)18(21)20-17-11-5-10-16(17)13-6-2-1-3-7-13/h1-4,6-9,12,16-17H,5,10-11,19H2,(H,20,21). The summed E-state index contributed by atoms with van der Waals surface area (Å²) in [6, 6.07) is 17.8. The molecule has 2 atom stereocenters. The van der Waals surface area contributed by atoms with E-state index in [1.54, 1.807) is 18.2 Å². The second kappa shape index (κ2) is 6.00. The van der Waals surface area contributed by atoms with Crippen LogP contribution >= 0.6 is 0 Å². The van der Waals surface area contributed by atoms with E-state index < -0.39 is 0 Å². The van der Waals surface area contributed by atoms with Crippen LogP contribution in [0.3, 0.4) is 0 Å². The minimum Gasteiger partial charge on any atom is -0.399 e. The SMILES string of the molecule is Nc1cccc(C(=O)NC2CCCC2c2ccccc2)c1. The van der Waals surface area contributed by atoms with Gasteiger partial charge in [0.15, 0.2) is 0 Å². The van der Waals surface area contributed by atoms with Gasteiger partial charge in [-0.3, -0.25) is 4.79 Å². The van der Waals surface area contributed by atoms with Gasteiger partial charge in [0, 0.05) is 23.2 Å². The Morgan fingerprint density at radius 2 is 1.86 bits per heavy atom. The number of nitrogens with two attached hydrogens (primary N) is 1. The van der Waals surface area contributed by atoms with Crippen molar-refractivity contribution >= 4 is 11.6 Å². The summed E-state index contributed by atoms with van der Waals surface area (Å²) in [5, 5.41) is 3.18. The third-order valence-electron chi connectivity index (χ3n) is 4.21. The van der Waals surface area contributed by atoms with E-state index in [4.69, 9.17) is 5.73 Å². The second-order valence-electron chi connectivity index (χ2n) is 5.65. The van der Waals surface area contributed by atoms with Crippen molar-refractivity contribution in [1.82, 2.24) is 5.32 Å². The van der Waals surface area contributed by atoms with Gasteiger partial charge in [0.2, 0.25) is 0 Å². The van der Waals surface area contributed by atoms with Crippen molar-refractivity contribution in [2.75, 3.05) is 5.73 Å². The van der Waals surface area contributed by atoms with Crippen molar-refractivity contribution in [3.63, 3.8) is 0 Å². The van der Waals surface area contributed by atoms with E-state index in [0.29, 0.717) is 17.2 Å². The number of rotatable bonds is 3. The third kappa shape index (κ3) is 3.07. The molecule has 0 aliphatic heterocycles. The van der Waals surface area contributed by atoms with Crippen LogP contribution in [0.4, 0.5) is 5.69 Å². The summed E-state index contributed by atoms with van der Waals surface area (Å²) >= 11 is 0. The van der Waals surface area contributed by atoms with Crippen LogP contribution in [0.25, 0.3) is 0 Å². The van der Waals surface area contributed by atoms with Crippen LogP contribution in [0, 0.1) is 0 Å². The molecule has 0 bridgehead atoms. The first-order chi connectivity index (χ1) is 10.2. The Kier molecular flexibility index (Phi) is 3.91. The Hall–Kier alpha value is -2.29. The van der Waals surface area contributed by atoms with Gasteiger partial charge in [-0.1, -0.05) is 42.8 Å². The molecule has 0 aromatic heterocycles. The highest BCUT2D eigenvalue weighted by Crippen LogP contribution is 2.34. The molecule has 1 fully saturated rings. The van der Waals surface area contributed by atoms with E-state index >= 15 is 0 Å². The van der Waals surface area contributed by atoms with E-state index in [9.17, 15) is 4.79 Å². The zero-order valence-corrected chi connectivity index (χ0v) is 12.0. The Morgan fingerprint density at radius 3 is 2.62 bits per heavy atom. The van der Waals surface area contributed by atoms with Crippen molar-refractivity contribution in [1.29, 1.82) is 0 Å². The average Bonchev–Trinajstić information content (AvgIpc) is 2.96. The van der Waals surface area contributed by atoms with Gasteiger partial charge in [0.25, 0.3) is 5.91 Å². The van der Waals surface area contributed by atoms with Crippen molar-refractivity contribution in [3.8, 4) is 0 Å². The number of hydrogen-bond donors (Lipinski definition) is 2. The minimum atomic E-state index is -0.0323. The Bertz CT molecular complexity index is 624. The van der Waals surface area contributed by atoms with Gasteiger partial charge in [-0.15, -0.1) is 0 Å². The van der Waals surface area contributed by atoms with Crippen molar-refractivity contribution in [3.05, 3.63) is 65.7 Å². The van der Waals surface area contributed by atoms with E-state index in [1.807, 2.05) is 12.1 Å². The van der Waals surface area contributed by atoms with Gasteiger partial charge in [-0.25, -0.2) is 0 Å². The second-order valence-corrected chi connectivity index (χ2v) is 5.65. The molecule has 21 heavy (non-hydrogen) atoms. The molecule has 0 saturated heterocycles. The van der Waals surface area contributed by atoms with E-state index in [0.717, 1.165) is 19.3 Å². The molecule has 0 spiro atoms. The lowest BCUT2D eigenvalue weighted by atomic mass is 9.94. The molecule has 2 aromatic carbocycles. The summed E-state index contributed by atoms with van der Waals surface area (Å²) in [4.78, 5) is 12.4. The number of nitrogen functional groups attached to an aromatic ring is 1. The third-order valence-corrected chi connectivity index (χ3v) is 4.21. The molecular formula is C18H20N2O. The zero-order valence-electron chi connectivity index (χ0n) is 12.0. The number of hydrogen-bond acceptors (Lipinski definition) is 2. The molecule has 1 amide bonds. The Morgan fingerprint density at radius 1 is 1.05 bits per heavy atom. The summed E-state index contributed by atoms with van der Waals surface area (Å²) in [7, 11) is 0. The molecule has 1 aliphatic carbocycles. The summed E-state index contributed by atoms with van der Waals surface area (Å²) in [5.74, 6) is 0.381. The maximum atomic E-state index is 12.4. The minimum absolute atomic E-state index is 0.0323. The summed E-state index contributed by atoms with van der Waals surface area (Å²) in [6.07, 6.45) is 3.32. The Labute approximate surface area is 125 Å². The zero-order chi connectivity index (χ0) is 14.7. The molecule has 108 valence electrons. The molecule has 1 aliphatic rings. The van der Waals surface area contributed by atoms with Gasteiger partial charge < -0.3 is 11.1 Å².